The van der Waals surface area contributed by atoms with E-state index in [0.717, 1.165) is 5.69 Å². The van der Waals surface area contributed by atoms with E-state index in [1.165, 1.54) is 5.56 Å². The van der Waals surface area contributed by atoms with Gasteiger partial charge in [0.1, 0.15) is 0 Å². The normalized spacial score (nSPS) is 10.7. The number of nitrogen functional groups attached to an aromatic ring is 1. The van der Waals surface area contributed by atoms with E-state index in [4.69, 9.17) is 5.73 Å². The maximum atomic E-state index is 12.4. The van der Waals surface area contributed by atoms with Crippen molar-refractivity contribution in [3.05, 3.63) is 59.7 Å². The summed E-state index contributed by atoms with van der Waals surface area (Å²) in [5, 5.41) is 0. The Morgan fingerprint density at radius 2 is 1.64 bits per heavy atom. The number of hydrogen-bond donors (Lipinski definition) is 1. The molecule has 3 nitrogen and oxygen atoms in total. The Kier molecular flexibility index (Phi) is 5.61. The van der Waals surface area contributed by atoms with Crippen LogP contribution in [0.4, 0.5) is 11.4 Å². The molecule has 0 aliphatic carbocycles. The molecule has 2 aromatic carbocycles. The number of benzene rings is 2. The summed E-state index contributed by atoms with van der Waals surface area (Å²) in [4.78, 5) is 14.1. The van der Waals surface area contributed by atoms with Gasteiger partial charge in [-0.3, -0.25) is 4.79 Å². The summed E-state index contributed by atoms with van der Waals surface area (Å²) >= 11 is 0. The van der Waals surface area contributed by atoms with Crippen LogP contribution in [0.2, 0.25) is 0 Å². The molecule has 22 heavy (non-hydrogen) atoms. The third kappa shape index (κ3) is 4.01. The molecule has 0 bridgehead atoms. The van der Waals surface area contributed by atoms with Gasteiger partial charge < -0.3 is 10.6 Å². The summed E-state index contributed by atoms with van der Waals surface area (Å²) in [5.74, 6) is -0.0641. The van der Waals surface area contributed by atoms with Crippen molar-refractivity contribution in [1.29, 1.82) is 0 Å². The lowest BCUT2D eigenvalue weighted by molar-refractivity contribution is 0.0993. The number of rotatable bonds is 2. The molecule has 0 radical (unpaired) electrons. The highest BCUT2D eigenvalue weighted by Gasteiger charge is 2.16. The molecule has 0 aliphatic rings. The van der Waals surface area contributed by atoms with Crippen LogP contribution in [-0.4, -0.2) is 13.0 Å². The fourth-order valence-corrected chi connectivity index (χ4v) is 2.17. The molecular weight excluding hydrogens is 296 g/mol. The molecule has 0 atom stereocenters. The van der Waals surface area contributed by atoms with E-state index in [-0.39, 0.29) is 23.7 Å². The molecule has 2 rings (SSSR count). The minimum Gasteiger partial charge on any atom is -0.399 e. The predicted molar refractivity (Wildman–Crippen MR) is 96.0 cm³/mol. The van der Waals surface area contributed by atoms with E-state index in [1.54, 1.807) is 36.2 Å². The van der Waals surface area contributed by atoms with Gasteiger partial charge in [0.05, 0.1) is 0 Å². The molecule has 0 aliphatic heterocycles. The summed E-state index contributed by atoms with van der Waals surface area (Å²) in [6, 6.07) is 15.1. The van der Waals surface area contributed by atoms with Crippen molar-refractivity contribution in [1.82, 2.24) is 0 Å². The molecular formula is C18H23ClN2O. The van der Waals surface area contributed by atoms with E-state index < -0.39 is 0 Å². The molecule has 0 saturated carbocycles. The molecule has 118 valence electrons. The van der Waals surface area contributed by atoms with Crippen LogP contribution >= 0.6 is 12.4 Å². The molecule has 0 fully saturated rings. The number of nitrogens with two attached hydrogens (primary N) is 1. The van der Waals surface area contributed by atoms with Gasteiger partial charge in [0.25, 0.3) is 5.91 Å². The lowest BCUT2D eigenvalue weighted by Crippen LogP contribution is -2.26. The van der Waals surface area contributed by atoms with Gasteiger partial charge in [0.15, 0.2) is 0 Å². The van der Waals surface area contributed by atoms with Gasteiger partial charge in [-0.15, -0.1) is 12.4 Å². The van der Waals surface area contributed by atoms with E-state index >= 15 is 0 Å². The van der Waals surface area contributed by atoms with Crippen LogP contribution in [0.1, 0.15) is 36.7 Å². The van der Waals surface area contributed by atoms with Crippen LogP contribution in [0.25, 0.3) is 0 Å². The Hall–Kier alpha value is -2.00. The number of anilines is 2. The summed E-state index contributed by atoms with van der Waals surface area (Å²) in [6.07, 6.45) is 0. The van der Waals surface area contributed by atoms with Crippen molar-refractivity contribution in [2.75, 3.05) is 17.7 Å². The third-order valence-corrected chi connectivity index (χ3v) is 3.56. The largest absolute Gasteiger partial charge is 0.399 e. The van der Waals surface area contributed by atoms with Crippen molar-refractivity contribution in [2.24, 2.45) is 0 Å². The highest BCUT2D eigenvalue weighted by molar-refractivity contribution is 6.06. The minimum absolute atomic E-state index is 0. The second-order valence-electron chi connectivity index (χ2n) is 6.29. The zero-order chi connectivity index (χ0) is 15.6. The van der Waals surface area contributed by atoms with Crippen molar-refractivity contribution in [3.63, 3.8) is 0 Å². The number of carbonyl (C=O) groups is 1. The number of halogens is 1. The van der Waals surface area contributed by atoms with Crippen LogP contribution in [0.5, 0.6) is 0 Å². The number of carbonyl (C=O) groups excluding carboxylic acids is 1. The van der Waals surface area contributed by atoms with Gasteiger partial charge in [0.2, 0.25) is 0 Å². The minimum atomic E-state index is -0.0641. The monoisotopic (exact) mass is 318 g/mol. The van der Waals surface area contributed by atoms with Crippen LogP contribution < -0.4 is 10.6 Å². The van der Waals surface area contributed by atoms with Crippen LogP contribution in [0.3, 0.4) is 0 Å². The van der Waals surface area contributed by atoms with Crippen molar-refractivity contribution in [3.8, 4) is 0 Å². The first-order chi connectivity index (χ1) is 9.79. The van der Waals surface area contributed by atoms with Crippen LogP contribution in [0, 0.1) is 0 Å². The molecule has 2 N–H and O–H groups in total. The Morgan fingerprint density at radius 1 is 1.05 bits per heavy atom. The topological polar surface area (TPSA) is 46.3 Å². The summed E-state index contributed by atoms with van der Waals surface area (Å²) < 4.78 is 0. The Morgan fingerprint density at radius 3 is 2.14 bits per heavy atom. The predicted octanol–water partition coefficient (Wildman–Crippen LogP) is 4.26. The van der Waals surface area contributed by atoms with Crippen molar-refractivity contribution < 1.29 is 4.79 Å². The Labute approximate surface area is 138 Å². The van der Waals surface area contributed by atoms with Gasteiger partial charge in [-0.05, 0) is 41.3 Å². The second kappa shape index (κ2) is 6.84. The van der Waals surface area contributed by atoms with E-state index in [2.05, 4.69) is 32.9 Å². The van der Waals surface area contributed by atoms with Gasteiger partial charge in [0, 0.05) is 24.0 Å². The SMILES string of the molecule is CN(C(=O)c1cccc(N)c1)c1ccc(C(C)(C)C)cc1.Cl. The molecule has 0 aromatic heterocycles. The number of amides is 1. The van der Waals surface area contributed by atoms with Gasteiger partial charge in [-0.2, -0.15) is 0 Å². The zero-order valence-electron chi connectivity index (χ0n) is 13.5. The Balaban J connectivity index is 0.00000242. The highest BCUT2D eigenvalue weighted by atomic mass is 35.5. The van der Waals surface area contributed by atoms with Crippen molar-refractivity contribution in [2.45, 2.75) is 26.2 Å². The van der Waals surface area contributed by atoms with Crippen LogP contribution in [0.15, 0.2) is 48.5 Å². The summed E-state index contributed by atoms with van der Waals surface area (Å²) in [7, 11) is 1.78. The average Bonchev–Trinajstić information content (AvgIpc) is 2.45. The van der Waals surface area contributed by atoms with E-state index in [0.29, 0.717) is 11.3 Å². The number of hydrogen-bond acceptors (Lipinski definition) is 2. The third-order valence-electron chi connectivity index (χ3n) is 3.56. The van der Waals surface area contributed by atoms with Gasteiger partial charge >= 0.3 is 0 Å². The van der Waals surface area contributed by atoms with Crippen molar-refractivity contribution >= 4 is 29.7 Å². The fraction of sp³-hybridized carbons (Fsp3) is 0.278. The first kappa shape index (κ1) is 18.1. The molecule has 0 saturated heterocycles. The van der Waals surface area contributed by atoms with E-state index in [9.17, 15) is 4.79 Å². The lowest BCUT2D eigenvalue weighted by Gasteiger charge is -2.22. The average molecular weight is 319 g/mol. The fourth-order valence-electron chi connectivity index (χ4n) is 2.17. The maximum Gasteiger partial charge on any atom is 0.258 e. The number of nitrogens with zero attached hydrogens (tertiary/aromatic N) is 1. The highest BCUT2D eigenvalue weighted by Crippen LogP contribution is 2.25. The first-order valence-electron chi connectivity index (χ1n) is 7.03. The van der Waals surface area contributed by atoms with Gasteiger partial charge in [-0.25, -0.2) is 0 Å². The summed E-state index contributed by atoms with van der Waals surface area (Å²) in [5.41, 5.74) is 9.15. The molecule has 0 spiro atoms. The molecule has 4 heteroatoms. The quantitative estimate of drug-likeness (QED) is 0.841. The lowest BCUT2D eigenvalue weighted by atomic mass is 9.87. The van der Waals surface area contributed by atoms with Gasteiger partial charge in [-0.1, -0.05) is 39.0 Å². The van der Waals surface area contributed by atoms with Crippen LogP contribution in [-0.2, 0) is 5.41 Å². The molecule has 0 unspecified atom stereocenters. The Bertz CT molecular complexity index is 645. The second-order valence-corrected chi connectivity index (χ2v) is 6.29. The molecule has 1 amide bonds. The first-order valence-corrected chi connectivity index (χ1v) is 7.03. The maximum absolute atomic E-state index is 12.4. The molecule has 0 heterocycles. The van der Waals surface area contributed by atoms with E-state index in [1.807, 2.05) is 12.1 Å². The zero-order valence-corrected chi connectivity index (χ0v) is 14.3. The summed E-state index contributed by atoms with van der Waals surface area (Å²) in [6.45, 7) is 6.51. The standard InChI is InChI=1S/C18H22N2O.ClH/c1-18(2,3)14-8-10-16(11-9-14)20(4)17(21)13-6-5-7-15(19)12-13;/h5-12H,19H2,1-4H3;1H. The molecule has 2 aromatic rings. The smallest absolute Gasteiger partial charge is 0.258 e.